The molecule has 166 valence electrons. The molecule has 0 atom stereocenters. The second kappa shape index (κ2) is 8.10. The van der Waals surface area contributed by atoms with Crippen molar-refractivity contribution in [2.24, 2.45) is 14.1 Å². The van der Waals surface area contributed by atoms with Crippen LogP contribution in [0.4, 0.5) is 0 Å². The monoisotopic (exact) mass is 480 g/mol. The van der Waals surface area contributed by atoms with Crippen molar-refractivity contribution < 1.29 is 4.74 Å². The Balaban J connectivity index is 1.71. The Kier molecular flexibility index (Phi) is 5.23. The summed E-state index contributed by atoms with van der Waals surface area (Å²) in [7, 11) is 3.00. The van der Waals surface area contributed by atoms with Crippen molar-refractivity contribution in [1.29, 1.82) is 0 Å². The quantitative estimate of drug-likeness (QED) is 0.372. The topological polar surface area (TPSA) is 71.1 Å². The summed E-state index contributed by atoms with van der Waals surface area (Å²) in [6.45, 7) is 0.197. The van der Waals surface area contributed by atoms with Crippen LogP contribution in [0.2, 0.25) is 10.0 Å². The summed E-state index contributed by atoms with van der Waals surface area (Å²) in [5, 5.41) is 3.03. The smallest absolute Gasteiger partial charge is 0.332 e. The van der Waals surface area contributed by atoms with E-state index in [0.29, 0.717) is 15.8 Å². The third-order valence-corrected chi connectivity index (χ3v) is 6.17. The van der Waals surface area contributed by atoms with Crippen LogP contribution in [0.5, 0.6) is 11.8 Å². The number of halogens is 2. The van der Waals surface area contributed by atoms with Gasteiger partial charge in [-0.05, 0) is 40.6 Å². The van der Waals surface area contributed by atoms with Gasteiger partial charge in [-0.1, -0.05) is 59.6 Å². The predicted molar refractivity (Wildman–Crippen MR) is 130 cm³/mol. The number of aryl methyl sites for hydroxylation is 1. The third kappa shape index (κ3) is 3.69. The van der Waals surface area contributed by atoms with Crippen LogP contribution in [0.15, 0.2) is 70.3 Å². The van der Waals surface area contributed by atoms with E-state index in [1.165, 1.54) is 11.6 Å². The Labute approximate surface area is 198 Å². The van der Waals surface area contributed by atoms with Gasteiger partial charge in [-0.3, -0.25) is 18.5 Å². The van der Waals surface area contributed by atoms with E-state index in [0.717, 1.165) is 20.9 Å². The van der Waals surface area contributed by atoms with Gasteiger partial charge in [0.15, 0.2) is 11.2 Å². The van der Waals surface area contributed by atoms with Crippen LogP contribution < -0.4 is 16.0 Å². The standard InChI is InChI=1S/C24H18Cl2N4O3/c1-28-21-20(22(31)29(2)24(28)32)30(13-16-7-9-17(25)12-19(16)26)23(27-21)33-18-10-8-14-5-3-4-6-15(14)11-18/h3-12H,13H2,1-2H3. The lowest BCUT2D eigenvalue weighted by molar-refractivity contribution is 0.421. The second-order valence-electron chi connectivity index (χ2n) is 7.71. The van der Waals surface area contributed by atoms with Crippen LogP contribution in [0.25, 0.3) is 21.9 Å². The Morgan fingerprint density at radius 1 is 0.909 bits per heavy atom. The van der Waals surface area contributed by atoms with Crippen molar-refractivity contribution in [1.82, 2.24) is 18.7 Å². The van der Waals surface area contributed by atoms with Crippen LogP contribution in [-0.4, -0.2) is 18.7 Å². The summed E-state index contributed by atoms with van der Waals surface area (Å²) in [6, 6.07) is 18.9. The fourth-order valence-corrected chi connectivity index (χ4v) is 4.28. The minimum absolute atomic E-state index is 0.171. The normalized spacial score (nSPS) is 11.4. The molecule has 0 spiro atoms. The minimum atomic E-state index is -0.473. The van der Waals surface area contributed by atoms with Gasteiger partial charge in [0.05, 0.1) is 6.54 Å². The number of ether oxygens (including phenoxy) is 1. The van der Waals surface area contributed by atoms with Crippen molar-refractivity contribution in [3.8, 4) is 11.8 Å². The van der Waals surface area contributed by atoms with Crippen molar-refractivity contribution in [3.63, 3.8) is 0 Å². The Morgan fingerprint density at radius 3 is 2.42 bits per heavy atom. The van der Waals surface area contributed by atoms with Gasteiger partial charge < -0.3 is 4.74 Å². The molecule has 9 heteroatoms. The number of hydrogen-bond donors (Lipinski definition) is 0. The van der Waals surface area contributed by atoms with Gasteiger partial charge in [0.1, 0.15) is 5.75 Å². The molecule has 0 saturated heterocycles. The molecule has 2 aromatic heterocycles. The zero-order chi connectivity index (χ0) is 23.3. The summed E-state index contributed by atoms with van der Waals surface area (Å²) in [4.78, 5) is 30.1. The highest BCUT2D eigenvalue weighted by atomic mass is 35.5. The number of aromatic nitrogens is 4. The molecule has 3 aromatic carbocycles. The molecule has 0 saturated carbocycles. The molecular formula is C24H18Cl2N4O3. The van der Waals surface area contributed by atoms with Crippen LogP contribution in [0.1, 0.15) is 5.56 Å². The molecule has 0 radical (unpaired) electrons. The Bertz CT molecular complexity index is 1670. The molecule has 5 aromatic rings. The number of rotatable bonds is 4. The third-order valence-electron chi connectivity index (χ3n) is 5.59. The summed E-state index contributed by atoms with van der Waals surface area (Å²) in [5.41, 5.74) is 0.239. The Morgan fingerprint density at radius 2 is 1.67 bits per heavy atom. The van der Waals surface area contributed by atoms with Crippen LogP contribution in [0.3, 0.4) is 0 Å². The molecule has 2 heterocycles. The van der Waals surface area contributed by atoms with Gasteiger partial charge in [-0.25, -0.2) is 4.79 Å². The average Bonchev–Trinajstić information content (AvgIpc) is 3.16. The lowest BCUT2D eigenvalue weighted by Gasteiger charge is -2.12. The zero-order valence-corrected chi connectivity index (χ0v) is 19.3. The fourth-order valence-electron chi connectivity index (χ4n) is 3.81. The van der Waals surface area contributed by atoms with Crippen LogP contribution in [0, 0.1) is 0 Å². The van der Waals surface area contributed by atoms with Crippen molar-refractivity contribution in [2.75, 3.05) is 0 Å². The van der Waals surface area contributed by atoms with Gasteiger partial charge in [0.2, 0.25) is 0 Å². The Hall–Kier alpha value is -3.55. The lowest BCUT2D eigenvalue weighted by atomic mass is 10.1. The van der Waals surface area contributed by atoms with E-state index in [1.54, 1.807) is 29.8 Å². The van der Waals surface area contributed by atoms with Gasteiger partial charge in [0, 0.05) is 24.1 Å². The summed E-state index contributed by atoms with van der Waals surface area (Å²) in [6.07, 6.45) is 0. The van der Waals surface area contributed by atoms with Crippen LogP contribution in [-0.2, 0) is 20.6 Å². The zero-order valence-electron chi connectivity index (χ0n) is 17.8. The van der Waals surface area contributed by atoms with E-state index in [2.05, 4.69) is 4.98 Å². The number of fused-ring (bicyclic) bond motifs is 2. The molecule has 5 rings (SSSR count). The highest BCUT2D eigenvalue weighted by molar-refractivity contribution is 6.35. The molecule has 7 nitrogen and oxygen atoms in total. The molecule has 0 N–H and O–H groups in total. The first-order valence-corrected chi connectivity index (χ1v) is 10.9. The maximum absolute atomic E-state index is 13.1. The van der Waals surface area contributed by atoms with Gasteiger partial charge in [-0.2, -0.15) is 4.98 Å². The molecule has 0 aliphatic rings. The first-order chi connectivity index (χ1) is 15.8. The van der Waals surface area contributed by atoms with Gasteiger partial charge in [0.25, 0.3) is 5.56 Å². The second-order valence-corrected chi connectivity index (χ2v) is 8.55. The first kappa shape index (κ1) is 21.3. The maximum Gasteiger partial charge on any atom is 0.332 e. The molecular weight excluding hydrogens is 463 g/mol. The molecule has 0 aliphatic heterocycles. The summed E-state index contributed by atoms with van der Waals surface area (Å²) < 4.78 is 10.1. The number of benzene rings is 3. The molecule has 0 unspecified atom stereocenters. The van der Waals surface area contributed by atoms with E-state index in [9.17, 15) is 9.59 Å². The first-order valence-electron chi connectivity index (χ1n) is 10.1. The minimum Gasteiger partial charge on any atom is -0.425 e. The number of nitrogens with zero attached hydrogens (tertiary/aromatic N) is 4. The number of hydrogen-bond acceptors (Lipinski definition) is 4. The van der Waals surface area contributed by atoms with Crippen LogP contribution >= 0.6 is 23.2 Å². The molecule has 33 heavy (non-hydrogen) atoms. The van der Waals surface area contributed by atoms with E-state index < -0.39 is 11.2 Å². The van der Waals surface area contributed by atoms with E-state index in [4.69, 9.17) is 27.9 Å². The van der Waals surface area contributed by atoms with E-state index in [1.807, 2.05) is 42.5 Å². The van der Waals surface area contributed by atoms with Crippen molar-refractivity contribution in [3.05, 3.63) is 97.1 Å². The highest BCUT2D eigenvalue weighted by Crippen LogP contribution is 2.29. The van der Waals surface area contributed by atoms with E-state index in [-0.39, 0.29) is 23.7 Å². The molecule has 0 fully saturated rings. The molecule has 0 amide bonds. The SMILES string of the molecule is Cn1c(=O)c2c(nc(Oc3ccc4ccccc4c3)n2Cc2ccc(Cl)cc2Cl)n(C)c1=O. The highest BCUT2D eigenvalue weighted by Gasteiger charge is 2.21. The fraction of sp³-hybridized carbons (Fsp3) is 0.125. The molecule has 0 bridgehead atoms. The van der Waals surface area contributed by atoms with Gasteiger partial charge >= 0.3 is 11.7 Å². The van der Waals surface area contributed by atoms with Gasteiger partial charge in [-0.15, -0.1) is 0 Å². The van der Waals surface area contributed by atoms with Crippen molar-refractivity contribution >= 4 is 45.1 Å². The number of imidazole rings is 1. The van der Waals surface area contributed by atoms with E-state index >= 15 is 0 Å². The predicted octanol–water partition coefficient (Wildman–Crippen LogP) is 4.73. The average molecular weight is 481 g/mol. The summed E-state index contributed by atoms with van der Waals surface area (Å²) >= 11 is 12.5. The largest absolute Gasteiger partial charge is 0.425 e. The summed E-state index contributed by atoms with van der Waals surface area (Å²) in [5.74, 6) is 0.550. The van der Waals surface area contributed by atoms with Crippen molar-refractivity contribution in [2.45, 2.75) is 6.54 Å². The lowest BCUT2D eigenvalue weighted by Crippen LogP contribution is -2.37. The maximum atomic E-state index is 13.1. The molecule has 0 aliphatic carbocycles.